The van der Waals surface area contributed by atoms with E-state index in [-0.39, 0.29) is 6.10 Å². The van der Waals surface area contributed by atoms with Crippen molar-refractivity contribution in [2.24, 2.45) is 0 Å². The lowest BCUT2D eigenvalue weighted by atomic mass is 10.3. The Bertz CT molecular complexity index is 433. The van der Waals surface area contributed by atoms with Crippen LogP contribution in [0.3, 0.4) is 0 Å². The van der Waals surface area contributed by atoms with Gasteiger partial charge in [0.2, 0.25) is 0 Å². The van der Waals surface area contributed by atoms with Gasteiger partial charge in [0.15, 0.2) is 5.75 Å². The second-order valence-corrected chi connectivity index (χ2v) is 5.10. The number of para-hydroxylation sites is 1. The van der Waals surface area contributed by atoms with Gasteiger partial charge in [-0.2, -0.15) is 0 Å². The van der Waals surface area contributed by atoms with E-state index >= 15 is 0 Å². The fourth-order valence-electron chi connectivity index (χ4n) is 1.27. The predicted molar refractivity (Wildman–Crippen MR) is 66.4 cm³/mol. The molecule has 5 nitrogen and oxygen atoms in total. The lowest BCUT2D eigenvalue weighted by Crippen LogP contribution is -2.32. The lowest BCUT2D eigenvalue weighted by Gasteiger charge is -2.05. The summed E-state index contributed by atoms with van der Waals surface area (Å²) in [5.74, 6) is 0.103. The first-order chi connectivity index (χ1) is 8.65. The summed E-state index contributed by atoms with van der Waals surface area (Å²) in [6, 6.07) is 8.15. The van der Waals surface area contributed by atoms with Gasteiger partial charge in [0.25, 0.3) is 0 Å². The molecule has 2 atom stereocenters. The molecule has 1 aromatic carbocycles. The fourth-order valence-corrected chi connectivity index (χ4v) is 2.05. The van der Waals surface area contributed by atoms with Gasteiger partial charge in [-0.25, -0.2) is 4.52 Å². The highest BCUT2D eigenvalue weighted by atomic mass is 31.1. The van der Waals surface area contributed by atoms with Crippen molar-refractivity contribution in [3.8, 4) is 5.75 Å². The molecular formula is C12H15NO4P+. The van der Waals surface area contributed by atoms with E-state index < -0.39 is 20.2 Å². The maximum Gasteiger partial charge on any atom is 0.664 e. The minimum absolute atomic E-state index is 0.0506. The van der Waals surface area contributed by atoms with Crippen molar-refractivity contribution in [3.63, 3.8) is 0 Å². The van der Waals surface area contributed by atoms with Crippen molar-refractivity contribution in [1.29, 1.82) is 0 Å². The molecule has 1 aliphatic rings. The van der Waals surface area contributed by atoms with Gasteiger partial charge in [0, 0.05) is 4.57 Å². The van der Waals surface area contributed by atoms with Crippen LogP contribution in [-0.2, 0) is 14.1 Å². The highest BCUT2D eigenvalue weighted by Crippen LogP contribution is 2.26. The smallest absolute Gasteiger partial charge is 0.461 e. The zero-order valence-electron chi connectivity index (χ0n) is 10.0. The Kier molecular flexibility index (Phi) is 4.28. The van der Waals surface area contributed by atoms with E-state index in [2.05, 4.69) is 5.09 Å². The first-order valence-electron chi connectivity index (χ1n) is 5.82. The standard InChI is InChI=1S/C12H15NO4P/c1-9(12(14)16-10-7-8-10)13-18(15)17-11-5-3-2-4-6-11/h2-6,9-10H,7-8H2,1H3,(H,13,15)/q+1/t9-/m0/s1. The number of rotatable bonds is 6. The average molecular weight is 268 g/mol. The maximum atomic E-state index is 11.6. The first-order valence-corrected chi connectivity index (χ1v) is 7.00. The molecule has 1 saturated carbocycles. The van der Waals surface area contributed by atoms with Crippen LogP contribution in [0.5, 0.6) is 5.75 Å². The maximum absolute atomic E-state index is 11.6. The number of carbonyl (C=O) groups excluding carboxylic acids is 1. The molecule has 0 saturated heterocycles. The van der Waals surface area contributed by atoms with E-state index in [0.29, 0.717) is 5.75 Å². The number of hydrogen-bond donors (Lipinski definition) is 1. The third-order valence-electron chi connectivity index (χ3n) is 2.39. The zero-order valence-corrected chi connectivity index (χ0v) is 10.9. The summed E-state index contributed by atoms with van der Waals surface area (Å²) in [5.41, 5.74) is 0. The Labute approximate surface area is 106 Å². The zero-order chi connectivity index (χ0) is 13.0. The number of carbonyl (C=O) groups is 1. The molecule has 0 spiro atoms. The van der Waals surface area contributed by atoms with Crippen molar-refractivity contribution in [3.05, 3.63) is 30.3 Å². The Morgan fingerprint density at radius 2 is 2.06 bits per heavy atom. The third kappa shape index (κ3) is 4.09. The Morgan fingerprint density at radius 1 is 1.39 bits per heavy atom. The Balaban J connectivity index is 1.77. The lowest BCUT2D eigenvalue weighted by molar-refractivity contribution is -0.146. The molecule has 0 aliphatic heterocycles. The topological polar surface area (TPSA) is 64.6 Å². The van der Waals surface area contributed by atoms with E-state index in [1.165, 1.54) is 0 Å². The summed E-state index contributed by atoms with van der Waals surface area (Å²) < 4.78 is 21.9. The van der Waals surface area contributed by atoms with Gasteiger partial charge in [-0.3, -0.25) is 4.79 Å². The number of ether oxygens (including phenoxy) is 1. The SMILES string of the molecule is C[C@H](N[P+](=O)Oc1ccccc1)C(=O)OC1CC1. The summed E-state index contributed by atoms with van der Waals surface area (Å²) >= 11 is 0. The highest BCUT2D eigenvalue weighted by molar-refractivity contribution is 7.37. The van der Waals surface area contributed by atoms with Crippen molar-refractivity contribution >= 4 is 14.1 Å². The van der Waals surface area contributed by atoms with E-state index in [0.717, 1.165) is 12.8 Å². The minimum Gasteiger partial charge on any atom is -0.461 e. The molecule has 2 rings (SSSR count). The number of esters is 1. The van der Waals surface area contributed by atoms with Crippen molar-refractivity contribution < 1.29 is 18.6 Å². The second-order valence-electron chi connectivity index (χ2n) is 4.15. The number of benzene rings is 1. The van der Waals surface area contributed by atoms with Crippen LogP contribution in [0.15, 0.2) is 30.3 Å². The number of nitrogens with one attached hydrogen (secondary N) is 1. The van der Waals surface area contributed by atoms with E-state index in [1.54, 1.807) is 31.2 Å². The van der Waals surface area contributed by atoms with Gasteiger partial charge in [-0.1, -0.05) is 23.3 Å². The van der Waals surface area contributed by atoms with Crippen LogP contribution in [0.2, 0.25) is 0 Å². The monoisotopic (exact) mass is 268 g/mol. The van der Waals surface area contributed by atoms with Crippen LogP contribution >= 0.6 is 8.18 Å². The van der Waals surface area contributed by atoms with Crippen LogP contribution in [0.25, 0.3) is 0 Å². The fraction of sp³-hybridized carbons (Fsp3) is 0.417. The molecule has 1 unspecified atom stereocenters. The van der Waals surface area contributed by atoms with Gasteiger partial charge in [0.1, 0.15) is 12.1 Å². The molecular weight excluding hydrogens is 253 g/mol. The van der Waals surface area contributed by atoms with Gasteiger partial charge >= 0.3 is 14.1 Å². The average Bonchev–Trinajstić information content (AvgIpc) is 3.14. The van der Waals surface area contributed by atoms with Crippen LogP contribution < -0.4 is 9.61 Å². The van der Waals surface area contributed by atoms with Gasteiger partial charge in [-0.05, 0) is 31.9 Å². The van der Waals surface area contributed by atoms with Crippen LogP contribution in [0.1, 0.15) is 19.8 Å². The summed E-state index contributed by atoms with van der Waals surface area (Å²) in [6.07, 6.45) is 1.89. The van der Waals surface area contributed by atoms with Crippen molar-refractivity contribution in [1.82, 2.24) is 5.09 Å². The van der Waals surface area contributed by atoms with Crippen molar-refractivity contribution in [2.75, 3.05) is 0 Å². The molecule has 1 N–H and O–H groups in total. The quantitative estimate of drug-likeness (QED) is 0.634. The van der Waals surface area contributed by atoms with Crippen molar-refractivity contribution in [2.45, 2.75) is 31.9 Å². The normalized spacial score (nSPS) is 16.8. The summed E-state index contributed by atoms with van der Waals surface area (Å²) in [4.78, 5) is 11.5. The second kappa shape index (κ2) is 5.94. The summed E-state index contributed by atoms with van der Waals surface area (Å²) in [7, 11) is -2.13. The molecule has 0 aromatic heterocycles. The minimum atomic E-state index is -2.13. The van der Waals surface area contributed by atoms with Gasteiger partial charge in [0.05, 0.1) is 0 Å². The molecule has 1 fully saturated rings. The molecule has 0 amide bonds. The molecule has 96 valence electrons. The molecule has 1 aliphatic carbocycles. The molecule has 6 heteroatoms. The van der Waals surface area contributed by atoms with E-state index in [4.69, 9.17) is 9.26 Å². The third-order valence-corrected chi connectivity index (χ3v) is 3.37. The first kappa shape index (κ1) is 13.0. The molecule has 1 aromatic rings. The van der Waals surface area contributed by atoms with Crippen LogP contribution in [-0.4, -0.2) is 18.1 Å². The Morgan fingerprint density at radius 3 is 2.67 bits per heavy atom. The predicted octanol–water partition coefficient (Wildman–Crippen LogP) is 2.41. The largest absolute Gasteiger partial charge is 0.664 e. The van der Waals surface area contributed by atoms with Crippen LogP contribution in [0, 0.1) is 0 Å². The number of hydrogen-bond acceptors (Lipinski definition) is 4. The van der Waals surface area contributed by atoms with Crippen LogP contribution in [0.4, 0.5) is 0 Å². The Hall–Kier alpha value is -1.45. The van der Waals surface area contributed by atoms with Gasteiger partial charge < -0.3 is 4.74 Å². The highest BCUT2D eigenvalue weighted by Gasteiger charge is 2.32. The van der Waals surface area contributed by atoms with Gasteiger partial charge in [-0.15, -0.1) is 0 Å². The van der Waals surface area contributed by atoms with E-state index in [9.17, 15) is 9.36 Å². The van der Waals surface area contributed by atoms with E-state index in [1.807, 2.05) is 6.07 Å². The summed E-state index contributed by atoms with van der Waals surface area (Å²) in [5, 5.41) is 2.57. The molecule has 18 heavy (non-hydrogen) atoms. The molecule has 0 heterocycles. The molecule has 0 bridgehead atoms. The molecule has 0 radical (unpaired) electrons. The summed E-state index contributed by atoms with van der Waals surface area (Å²) in [6.45, 7) is 1.60.